The minimum absolute atomic E-state index is 0.104. The number of rotatable bonds is 7. The summed E-state index contributed by atoms with van der Waals surface area (Å²) in [6.45, 7) is 9.62. The van der Waals surface area contributed by atoms with Gasteiger partial charge in [-0.05, 0) is 165 Å². The Hall–Kier alpha value is -9.12. The Labute approximate surface area is 459 Å². The lowest BCUT2D eigenvalue weighted by molar-refractivity contribution is 0.245. The summed E-state index contributed by atoms with van der Waals surface area (Å²) in [5.74, 6) is 0. The Kier molecular flexibility index (Phi) is 10.5. The second-order valence-corrected chi connectivity index (χ2v) is 22.5. The zero-order chi connectivity index (χ0) is 52.3. The molecule has 3 heterocycles. The van der Waals surface area contributed by atoms with E-state index in [1.807, 2.05) is 0 Å². The average Bonchev–Trinajstić information content (AvgIpc) is 3.96. The van der Waals surface area contributed by atoms with Crippen LogP contribution in [0.4, 0.5) is 45.5 Å². The van der Waals surface area contributed by atoms with Gasteiger partial charge in [0, 0.05) is 50.9 Å². The third kappa shape index (κ3) is 6.92. The molecule has 0 amide bonds. The van der Waals surface area contributed by atoms with E-state index in [1.165, 1.54) is 123 Å². The fourth-order valence-corrected chi connectivity index (χ4v) is 14.4. The summed E-state index contributed by atoms with van der Waals surface area (Å²) in [7, 11) is 0. The molecule has 0 radical (unpaired) electrons. The number of hydrogen-bond acceptors (Lipinski definition) is 3. The van der Waals surface area contributed by atoms with E-state index in [1.54, 1.807) is 0 Å². The van der Waals surface area contributed by atoms with Crippen molar-refractivity contribution in [2.45, 2.75) is 51.5 Å². The largest absolute Gasteiger partial charge is 0.330 e. The minimum atomic E-state index is -0.415. The molecule has 0 bridgehead atoms. The molecule has 4 aliphatic rings. The number of benzene rings is 11. The molecule has 0 fully saturated rings. The first-order valence-electron chi connectivity index (χ1n) is 27.7. The topological polar surface area (TPSA) is 9.72 Å². The third-order valence-electron chi connectivity index (χ3n) is 18.2. The van der Waals surface area contributed by atoms with Gasteiger partial charge in [0.25, 0.3) is 6.71 Å². The van der Waals surface area contributed by atoms with Crippen molar-refractivity contribution in [2.24, 2.45) is 0 Å². The molecule has 78 heavy (non-hydrogen) atoms. The highest BCUT2D eigenvalue weighted by molar-refractivity contribution is 7.00. The number of nitrogens with zero attached hydrogens (tertiary/aromatic N) is 3. The van der Waals surface area contributed by atoms with Crippen LogP contribution in [0.25, 0.3) is 44.5 Å². The molecular weight excluding hydrogens is 942 g/mol. The van der Waals surface area contributed by atoms with E-state index in [9.17, 15) is 0 Å². The molecule has 3 nitrogen and oxygen atoms in total. The van der Waals surface area contributed by atoms with Gasteiger partial charge >= 0.3 is 0 Å². The van der Waals surface area contributed by atoms with Crippen LogP contribution in [-0.2, 0) is 17.4 Å². The van der Waals surface area contributed by atoms with E-state index in [0.29, 0.717) is 0 Å². The highest BCUT2D eigenvalue weighted by Gasteiger charge is 2.60. The van der Waals surface area contributed by atoms with Crippen LogP contribution in [0.15, 0.2) is 255 Å². The molecule has 0 saturated carbocycles. The van der Waals surface area contributed by atoms with Gasteiger partial charge in [0.1, 0.15) is 0 Å². The Morgan fingerprint density at radius 3 is 1.28 bits per heavy atom. The molecule has 11 aromatic rings. The summed E-state index contributed by atoms with van der Waals surface area (Å²) in [5.41, 5.74) is 29.3. The lowest BCUT2D eigenvalue weighted by Gasteiger charge is -2.52. The molecule has 0 spiro atoms. The van der Waals surface area contributed by atoms with Gasteiger partial charge in [0.2, 0.25) is 0 Å². The van der Waals surface area contributed by atoms with Crippen molar-refractivity contribution >= 4 is 68.6 Å². The van der Waals surface area contributed by atoms with E-state index in [0.717, 1.165) is 24.2 Å². The maximum absolute atomic E-state index is 2.79. The van der Waals surface area contributed by atoms with Crippen molar-refractivity contribution in [3.63, 3.8) is 0 Å². The number of anilines is 8. The summed E-state index contributed by atoms with van der Waals surface area (Å²) < 4.78 is 0. The highest BCUT2D eigenvalue weighted by Crippen LogP contribution is 2.65. The monoisotopic (exact) mass is 999 g/mol. The van der Waals surface area contributed by atoms with Gasteiger partial charge in [0.05, 0.1) is 5.54 Å². The quantitative estimate of drug-likeness (QED) is 0.147. The first-order chi connectivity index (χ1) is 38.2. The predicted octanol–water partition coefficient (Wildman–Crippen LogP) is 17.3. The average molecular weight is 1000 g/mol. The van der Waals surface area contributed by atoms with Gasteiger partial charge in [-0.15, -0.1) is 0 Å². The van der Waals surface area contributed by atoms with Crippen LogP contribution in [0.5, 0.6) is 0 Å². The molecule has 0 aromatic heterocycles. The lowest BCUT2D eigenvalue weighted by atomic mass is 9.33. The molecule has 2 atom stereocenters. The minimum Gasteiger partial charge on any atom is -0.330 e. The first kappa shape index (κ1) is 46.2. The Balaban J connectivity index is 1.06. The van der Waals surface area contributed by atoms with Crippen molar-refractivity contribution in [3.05, 3.63) is 283 Å². The Morgan fingerprint density at radius 1 is 0.372 bits per heavy atom. The molecule has 15 rings (SSSR count). The zero-order valence-corrected chi connectivity index (χ0v) is 44.6. The standard InChI is InChI=1S/C74H58BN3/c1-49-43-50(2)72-64(44-49)73(3)42-41-57-27-17-18-28-63(57)74(73,4)78(72)62-47-69-71-70(48-62)77(61-37-31-56(32-38-61)52-21-11-6-12-22-52)68-40-34-59(54-25-15-8-16-26-54)46-66(68)75(71)65-45-58(53-23-13-7-14-24-53)33-39-67(65)76(69)60-35-29-55(30-36-60)51-19-9-5-10-20-51/h5-40,43-48H,41-42H2,1-4H3. The van der Waals surface area contributed by atoms with Crippen molar-refractivity contribution in [2.75, 3.05) is 14.7 Å². The van der Waals surface area contributed by atoms with Crippen molar-refractivity contribution in [1.82, 2.24) is 0 Å². The molecule has 1 aliphatic carbocycles. The van der Waals surface area contributed by atoms with Crippen molar-refractivity contribution in [1.29, 1.82) is 0 Å². The first-order valence-corrected chi connectivity index (χ1v) is 27.7. The van der Waals surface area contributed by atoms with Crippen LogP contribution in [0.3, 0.4) is 0 Å². The fourth-order valence-electron chi connectivity index (χ4n) is 14.4. The molecular formula is C74H58BN3. The van der Waals surface area contributed by atoms with Crippen LogP contribution in [-0.4, -0.2) is 6.71 Å². The van der Waals surface area contributed by atoms with E-state index < -0.39 is 5.54 Å². The summed E-state index contributed by atoms with van der Waals surface area (Å²) in [5, 5.41) is 0. The molecule has 2 unspecified atom stereocenters. The predicted molar refractivity (Wildman–Crippen MR) is 330 cm³/mol. The molecule has 0 saturated heterocycles. The fraction of sp³-hybridized carbons (Fsp3) is 0.108. The lowest BCUT2D eigenvalue weighted by Crippen LogP contribution is -2.61. The Bertz CT molecular complexity index is 3940. The van der Waals surface area contributed by atoms with Crippen LogP contribution in [0.2, 0.25) is 0 Å². The maximum Gasteiger partial charge on any atom is 0.252 e. The highest BCUT2D eigenvalue weighted by atomic mass is 15.3. The van der Waals surface area contributed by atoms with Gasteiger partial charge in [-0.3, -0.25) is 0 Å². The summed E-state index contributed by atoms with van der Waals surface area (Å²) in [6.07, 6.45) is 2.10. The summed E-state index contributed by atoms with van der Waals surface area (Å²) in [4.78, 5) is 7.97. The van der Waals surface area contributed by atoms with Gasteiger partial charge in [0.15, 0.2) is 0 Å². The van der Waals surface area contributed by atoms with Gasteiger partial charge in [-0.2, -0.15) is 0 Å². The smallest absolute Gasteiger partial charge is 0.252 e. The molecule has 11 aromatic carbocycles. The number of fused-ring (bicyclic) bond motifs is 9. The van der Waals surface area contributed by atoms with Crippen LogP contribution < -0.4 is 31.1 Å². The molecule has 3 aliphatic heterocycles. The van der Waals surface area contributed by atoms with Crippen molar-refractivity contribution < 1.29 is 0 Å². The van der Waals surface area contributed by atoms with Crippen LogP contribution in [0.1, 0.15) is 48.1 Å². The molecule has 372 valence electrons. The normalized spacial score (nSPS) is 17.4. The summed E-state index contributed by atoms with van der Waals surface area (Å²) in [6, 6.07) is 95.8. The maximum atomic E-state index is 2.79. The zero-order valence-electron chi connectivity index (χ0n) is 44.6. The van der Waals surface area contributed by atoms with E-state index >= 15 is 0 Å². The van der Waals surface area contributed by atoms with E-state index in [-0.39, 0.29) is 12.1 Å². The van der Waals surface area contributed by atoms with Crippen LogP contribution >= 0.6 is 0 Å². The van der Waals surface area contributed by atoms with E-state index in [4.69, 9.17) is 0 Å². The third-order valence-corrected chi connectivity index (χ3v) is 18.2. The SMILES string of the molecule is Cc1cc(C)c2c(c1)C1(C)CCc3ccccc3C1(C)N2c1cc2c3c(c1)N(c1ccc(-c4ccccc4)cc1)c1ccc(-c4ccccc4)cc1B3c1cc(-c3ccccc3)ccc1N2c1ccc(-c2ccccc2)cc1. The summed E-state index contributed by atoms with van der Waals surface area (Å²) >= 11 is 0. The van der Waals surface area contributed by atoms with Gasteiger partial charge < -0.3 is 14.7 Å². The Morgan fingerprint density at radius 2 is 0.795 bits per heavy atom. The second kappa shape index (κ2) is 17.7. The van der Waals surface area contributed by atoms with Gasteiger partial charge in [-0.1, -0.05) is 219 Å². The number of aryl methyl sites for hydroxylation is 3. The van der Waals surface area contributed by atoms with E-state index in [2.05, 4.69) is 297 Å². The molecule has 0 N–H and O–H groups in total. The van der Waals surface area contributed by atoms with Crippen LogP contribution in [0, 0.1) is 13.8 Å². The van der Waals surface area contributed by atoms with Gasteiger partial charge in [-0.25, -0.2) is 0 Å². The van der Waals surface area contributed by atoms with Crippen molar-refractivity contribution in [3.8, 4) is 44.5 Å². The second-order valence-electron chi connectivity index (χ2n) is 22.5. The molecule has 4 heteroatoms. The number of hydrogen-bond donors (Lipinski definition) is 0.